The molecule has 0 aliphatic carbocycles. The van der Waals surface area contributed by atoms with Gasteiger partial charge in [-0.25, -0.2) is 0 Å². The van der Waals surface area contributed by atoms with E-state index in [1.54, 1.807) is 6.07 Å². The largest absolute Gasteiger partial charge is 0.481 e. The van der Waals surface area contributed by atoms with Crippen molar-refractivity contribution in [2.45, 2.75) is 32.6 Å². The summed E-state index contributed by atoms with van der Waals surface area (Å²) in [6.07, 6.45) is 2.93. The van der Waals surface area contributed by atoms with E-state index in [0.717, 1.165) is 25.0 Å². The molecule has 13 heavy (non-hydrogen) atoms. The Kier molecular flexibility index (Phi) is 3.49. The van der Waals surface area contributed by atoms with Crippen molar-refractivity contribution in [3.63, 3.8) is 0 Å². The van der Waals surface area contributed by atoms with E-state index in [9.17, 15) is 4.79 Å². The van der Waals surface area contributed by atoms with Gasteiger partial charge in [-0.3, -0.25) is 4.79 Å². The van der Waals surface area contributed by atoms with Gasteiger partial charge in [-0.2, -0.15) is 0 Å². The molecule has 1 aromatic heterocycles. The van der Waals surface area contributed by atoms with E-state index in [4.69, 9.17) is 9.63 Å². The third kappa shape index (κ3) is 3.27. The molecule has 0 atom stereocenters. The fourth-order valence-corrected chi connectivity index (χ4v) is 1.06. The van der Waals surface area contributed by atoms with Gasteiger partial charge in [0.05, 0.1) is 5.69 Å². The van der Waals surface area contributed by atoms with Gasteiger partial charge >= 0.3 is 5.97 Å². The molecule has 0 amide bonds. The van der Waals surface area contributed by atoms with E-state index in [2.05, 4.69) is 12.1 Å². The number of rotatable bonds is 5. The third-order valence-electron chi connectivity index (χ3n) is 1.72. The first kappa shape index (κ1) is 9.77. The Balaban J connectivity index is 2.48. The Hall–Kier alpha value is -1.32. The van der Waals surface area contributed by atoms with E-state index < -0.39 is 5.97 Å². The Bertz CT molecular complexity index is 280. The minimum atomic E-state index is -0.891. The number of aliphatic carboxylic acids is 1. The van der Waals surface area contributed by atoms with Crippen LogP contribution in [0, 0.1) is 0 Å². The summed E-state index contributed by atoms with van der Waals surface area (Å²) in [6.45, 7) is 2.10. The molecule has 0 unspecified atom stereocenters. The lowest BCUT2D eigenvalue weighted by molar-refractivity contribution is -0.136. The molecule has 4 nitrogen and oxygen atoms in total. The minimum absolute atomic E-state index is 0.0842. The van der Waals surface area contributed by atoms with Crippen LogP contribution in [0.15, 0.2) is 10.6 Å². The van der Waals surface area contributed by atoms with E-state index in [0.29, 0.717) is 5.76 Å². The summed E-state index contributed by atoms with van der Waals surface area (Å²) in [5.74, 6) is -0.461. The number of nitrogens with zero attached hydrogens (tertiary/aromatic N) is 1. The van der Waals surface area contributed by atoms with E-state index >= 15 is 0 Å². The smallest absolute Gasteiger partial charge is 0.311 e. The van der Waals surface area contributed by atoms with Crippen LogP contribution in [0.1, 0.15) is 31.2 Å². The summed E-state index contributed by atoms with van der Waals surface area (Å²) in [5, 5.41) is 12.2. The molecular formula is C9H13NO3. The van der Waals surface area contributed by atoms with Gasteiger partial charge in [-0.15, -0.1) is 0 Å². The zero-order valence-electron chi connectivity index (χ0n) is 7.62. The van der Waals surface area contributed by atoms with E-state index in [1.165, 1.54) is 0 Å². The van der Waals surface area contributed by atoms with Crippen molar-refractivity contribution in [3.05, 3.63) is 17.5 Å². The molecular weight excluding hydrogens is 170 g/mol. The topological polar surface area (TPSA) is 63.3 Å². The second kappa shape index (κ2) is 4.64. The van der Waals surface area contributed by atoms with E-state index in [-0.39, 0.29) is 6.42 Å². The molecule has 1 aromatic rings. The van der Waals surface area contributed by atoms with Crippen LogP contribution in [0.3, 0.4) is 0 Å². The number of hydrogen-bond acceptors (Lipinski definition) is 3. The van der Waals surface area contributed by atoms with Gasteiger partial charge < -0.3 is 9.63 Å². The summed E-state index contributed by atoms with van der Waals surface area (Å²) in [6, 6.07) is 1.71. The Morgan fingerprint density at radius 1 is 1.69 bits per heavy atom. The summed E-state index contributed by atoms with van der Waals surface area (Å²) >= 11 is 0. The van der Waals surface area contributed by atoms with Crippen LogP contribution in [0.5, 0.6) is 0 Å². The van der Waals surface area contributed by atoms with Crippen LogP contribution in [0.25, 0.3) is 0 Å². The highest BCUT2D eigenvalue weighted by atomic mass is 16.5. The first-order chi connectivity index (χ1) is 6.22. The highest BCUT2D eigenvalue weighted by Gasteiger charge is 2.07. The second-order valence-electron chi connectivity index (χ2n) is 2.96. The molecule has 0 spiro atoms. The van der Waals surface area contributed by atoms with E-state index in [1.807, 2.05) is 0 Å². The monoisotopic (exact) mass is 183 g/mol. The second-order valence-corrected chi connectivity index (χ2v) is 2.96. The van der Waals surface area contributed by atoms with Crippen molar-refractivity contribution >= 4 is 5.97 Å². The molecule has 1 heterocycles. The first-order valence-electron chi connectivity index (χ1n) is 4.38. The minimum Gasteiger partial charge on any atom is -0.481 e. The summed E-state index contributed by atoms with van der Waals surface area (Å²) in [4.78, 5) is 10.3. The van der Waals surface area contributed by atoms with Crippen LogP contribution in [0.4, 0.5) is 0 Å². The Morgan fingerprint density at radius 2 is 2.46 bits per heavy atom. The molecule has 0 aliphatic heterocycles. The molecule has 1 N–H and O–H groups in total. The summed E-state index contributed by atoms with van der Waals surface area (Å²) in [5.41, 5.74) is 0.845. The first-order valence-corrected chi connectivity index (χ1v) is 4.38. The summed E-state index contributed by atoms with van der Waals surface area (Å²) in [7, 11) is 0. The molecule has 0 radical (unpaired) electrons. The molecule has 4 heteroatoms. The predicted octanol–water partition coefficient (Wildman–Crippen LogP) is 1.64. The lowest BCUT2D eigenvalue weighted by Crippen LogP contribution is -1.98. The van der Waals surface area contributed by atoms with Crippen molar-refractivity contribution in [2.24, 2.45) is 0 Å². The maximum Gasteiger partial charge on any atom is 0.311 e. The predicted molar refractivity (Wildman–Crippen MR) is 46.5 cm³/mol. The summed E-state index contributed by atoms with van der Waals surface area (Å²) < 4.78 is 4.84. The normalized spacial score (nSPS) is 10.2. The third-order valence-corrected chi connectivity index (χ3v) is 1.72. The number of aromatic nitrogens is 1. The Morgan fingerprint density at radius 3 is 3.08 bits per heavy atom. The quantitative estimate of drug-likeness (QED) is 0.753. The highest BCUT2D eigenvalue weighted by Crippen LogP contribution is 2.07. The Labute approximate surface area is 76.5 Å². The number of carboxylic acid groups (broad SMARTS) is 1. The van der Waals surface area contributed by atoms with Gasteiger partial charge in [0, 0.05) is 6.07 Å². The van der Waals surface area contributed by atoms with Gasteiger partial charge in [0.25, 0.3) is 0 Å². The molecule has 0 saturated carbocycles. The van der Waals surface area contributed by atoms with Crippen molar-refractivity contribution < 1.29 is 14.4 Å². The average Bonchev–Trinajstić information content (AvgIpc) is 2.48. The van der Waals surface area contributed by atoms with Crippen molar-refractivity contribution in [1.82, 2.24) is 5.16 Å². The van der Waals surface area contributed by atoms with Gasteiger partial charge in [-0.1, -0.05) is 18.5 Å². The number of carbonyl (C=O) groups is 1. The van der Waals surface area contributed by atoms with Gasteiger partial charge in [-0.05, 0) is 12.8 Å². The molecule has 0 fully saturated rings. The number of aryl methyl sites for hydroxylation is 1. The van der Waals surface area contributed by atoms with Crippen LogP contribution >= 0.6 is 0 Å². The lowest BCUT2D eigenvalue weighted by Gasteiger charge is -1.88. The molecule has 0 saturated heterocycles. The fraction of sp³-hybridized carbons (Fsp3) is 0.556. The van der Waals surface area contributed by atoms with Crippen LogP contribution in [-0.2, 0) is 17.6 Å². The van der Waals surface area contributed by atoms with Crippen LogP contribution in [-0.4, -0.2) is 16.2 Å². The molecule has 72 valence electrons. The molecule has 0 bridgehead atoms. The van der Waals surface area contributed by atoms with Crippen molar-refractivity contribution in [2.75, 3.05) is 0 Å². The standard InChI is InChI=1S/C9H13NO3/c1-2-3-4-7-5-8(13-10-7)6-9(11)12/h5H,2-4,6H2,1H3,(H,11,12). The number of carboxylic acids is 1. The maximum absolute atomic E-state index is 10.3. The zero-order valence-corrected chi connectivity index (χ0v) is 7.62. The number of unbranched alkanes of at least 4 members (excludes halogenated alkanes) is 1. The SMILES string of the molecule is CCCCc1cc(CC(=O)O)on1. The highest BCUT2D eigenvalue weighted by molar-refractivity contribution is 5.69. The molecule has 1 rings (SSSR count). The van der Waals surface area contributed by atoms with Crippen LogP contribution < -0.4 is 0 Å². The van der Waals surface area contributed by atoms with Gasteiger partial charge in [0.2, 0.25) is 0 Å². The van der Waals surface area contributed by atoms with Crippen LogP contribution in [0.2, 0.25) is 0 Å². The fourth-order valence-electron chi connectivity index (χ4n) is 1.06. The number of hydrogen-bond donors (Lipinski definition) is 1. The molecule has 0 aliphatic rings. The zero-order chi connectivity index (χ0) is 9.68. The van der Waals surface area contributed by atoms with Gasteiger partial charge in [0.15, 0.2) is 0 Å². The lowest BCUT2D eigenvalue weighted by atomic mass is 10.2. The van der Waals surface area contributed by atoms with Crippen molar-refractivity contribution in [3.8, 4) is 0 Å². The average molecular weight is 183 g/mol. The van der Waals surface area contributed by atoms with Crippen molar-refractivity contribution in [1.29, 1.82) is 0 Å². The maximum atomic E-state index is 10.3. The van der Waals surface area contributed by atoms with Gasteiger partial charge in [0.1, 0.15) is 12.2 Å². The molecule has 0 aromatic carbocycles.